The third-order valence-electron chi connectivity index (χ3n) is 2.27. The molecule has 2 rings (SSSR count). The molecule has 0 unspecified atom stereocenters. The van der Waals surface area contributed by atoms with E-state index in [1.54, 1.807) is 0 Å². The molecule has 0 fully saturated rings. The Morgan fingerprint density at radius 3 is 2.00 bits per heavy atom. The lowest BCUT2D eigenvalue weighted by atomic mass is 10.1. The molecule has 0 aromatic heterocycles. The fraction of sp³-hybridized carbons (Fsp3) is 0.0714. The van der Waals surface area contributed by atoms with E-state index in [0.29, 0.717) is 6.42 Å². The number of hydrogen-bond donors (Lipinski definition) is 1. The van der Waals surface area contributed by atoms with Crippen LogP contribution in [-0.4, -0.2) is 5.91 Å². The Hall–Kier alpha value is -1.80. The molecule has 0 saturated heterocycles. The number of hydrogen-bond acceptors (Lipinski definition) is 1. The number of amides is 1. The van der Waals surface area contributed by atoms with Gasteiger partial charge < -0.3 is 5.32 Å². The van der Waals surface area contributed by atoms with E-state index in [-0.39, 0.29) is 18.3 Å². The zero-order chi connectivity index (χ0) is 11.2. The predicted molar refractivity (Wildman–Crippen MR) is 72.5 cm³/mol. The van der Waals surface area contributed by atoms with Crippen molar-refractivity contribution in [3.8, 4) is 0 Å². The zero-order valence-corrected chi connectivity index (χ0v) is 10.1. The number of rotatable bonds is 3. The molecule has 0 atom stereocenters. The van der Waals surface area contributed by atoms with Gasteiger partial charge in [-0.05, 0) is 17.7 Å². The number of carbonyl (C=O) groups excluding carboxylic acids is 1. The lowest BCUT2D eigenvalue weighted by Crippen LogP contribution is -2.14. The fourth-order valence-electron chi connectivity index (χ4n) is 1.51. The van der Waals surface area contributed by atoms with Crippen LogP contribution in [-0.2, 0) is 11.2 Å². The zero-order valence-electron chi connectivity index (χ0n) is 9.30. The summed E-state index contributed by atoms with van der Waals surface area (Å²) in [6.07, 6.45) is 0.412. The summed E-state index contributed by atoms with van der Waals surface area (Å²) in [6, 6.07) is 19.2. The molecule has 0 spiro atoms. The van der Waals surface area contributed by atoms with E-state index >= 15 is 0 Å². The quantitative estimate of drug-likeness (QED) is 0.886. The van der Waals surface area contributed by atoms with Crippen molar-refractivity contribution in [2.45, 2.75) is 6.42 Å². The molecule has 1 amide bonds. The standard InChI is InChI=1S/C14H13NO.ClH/c16-14(11-12-7-3-1-4-8-12)15-13-9-5-2-6-10-13;/h1-10H,11H2,(H,15,16);1H. The number of benzene rings is 2. The molecule has 0 bridgehead atoms. The van der Waals surface area contributed by atoms with Crippen molar-refractivity contribution >= 4 is 24.0 Å². The Kier molecular flexibility index (Phi) is 5.24. The van der Waals surface area contributed by atoms with Crippen molar-refractivity contribution in [2.24, 2.45) is 0 Å². The molecular formula is C14H14ClNO. The summed E-state index contributed by atoms with van der Waals surface area (Å²) in [5.41, 5.74) is 1.86. The Bertz CT molecular complexity index is 413. The smallest absolute Gasteiger partial charge is 0.228 e. The van der Waals surface area contributed by atoms with Crippen LogP contribution in [0.2, 0.25) is 0 Å². The maximum Gasteiger partial charge on any atom is 0.228 e. The maximum absolute atomic E-state index is 11.7. The van der Waals surface area contributed by atoms with Gasteiger partial charge in [0.15, 0.2) is 0 Å². The third kappa shape index (κ3) is 4.29. The molecule has 0 aliphatic heterocycles. The van der Waals surface area contributed by atoms with Crippen LogP contribution < -0.4 is 5.32 Å². The lowest BCUT2D eigenvalue weighted by Gasteiger charge is -2.04. The van der Waals surface area contributed by atoms with Gasteiger partial charge in [-0.25, -0.2) is 0 Å². The van der Waals surface area contributed by atoms with Crippen LogP contribution in [0.5, 0.6) is 0 Å². The summed E-state index contributed by atoms with van der Waals surface area (Å²) in [6.45, 7) is 0. The van der Waals surface area contributed by atoms with Crippen LogP contribution >= 0.6 is 12.4 Å². The first-order chi connectivity index (χ1) is 7.84. The van der Waals surface area contributed by atoms with E-state index in [9.17, 15) is 4.79 Å². The molecular weight excluding hydrogens is 234 g/mol. The Balaban J connectivity index is 0.00000144. The first-order valence-corrected chi connectivity index (χ1v) is 5.23. The molecule has 1 N–H and O–H groups in total. The second-order valence-corrected chi connectivity index (χ2v) is 3.58. The molecule has 2 nitrogen and oxygen atoms in total. The van der Waals surface area contributed by atoms with Crippen LogP contribution in [0, 0.1) is 0 Å². The monoisotopic (exact) mass is 247 g/mol. The topological polar surface area (TPSA) is 29.1 Å². The Morgan fingerprint density at radius 1 is 0.882 bits per heavy atom. The summed E-state index contributed by atoms with van der Waals surface area (Å²) in [4.78, 5) is 11.7. The van der Waals surface area contributed by atoms with Gasteiger partial charge in [0.1, 0.15) is 0 Å². The van der Waals surface area contributed by atoms with E-state index in [2.05, 4.69) is 5.32 Å². The van der Waals surface area contributed by atoms with Crippen LogP contribution in [0.1, 0.15) is 5.56 Å². The van der Waals surface area contributed by atoms with E-state index < -0.39 is 0 Å². The van der Waals surface area contributed by atoms with Crippen molar-refractivity contribution in [2.75, 3.05) is 5.32 Å². The fourth-order valence-corrected chi connectivity index (χ4v) is 1.51. The molecule has 0 heterocycles. The first-order valence-electron chi connectivity index (χ1n) is 5.23. The van der Waals surface area contributed by atoms with Gasteiger partial charge >= 0.3 is 0 Å². The minimum absolute atomic E-state index is 0. The van der Waals surface area contributed by atoms with Crippen molar-refractivity contribution in [3.05, 3.63) is 66.2 Å². The Morgan fingerprint density at radius 2 is 1.41 bits per heavy atom. The van der Waals surface area contributed by atoms with Gasteiger partial charge in [0.2, 0.25) is 5.91 Å². The maximum atomic E-state index is 11.7. The summed E-state index contributed by atoms with van der Waals surface area (Å²) in [7, 11) is 0. The number of halogens is 1. The van der Waals surface area contributed by atoms with Crippen molar-refractivity contribution < 1.29 is 4.79 Å². The van der Waals surface area contributed by atoms with E-state index in [1.807, 2.05) is 60.7 Å². The second-order valence-electron chi connectivity index (χ2n) is 3.58. The number of carbonyl (C=O) groups is 1. The molecule has 2 aromatic carbocycles. The van der Waals surface area contributed by atoms with Gasteiger partial charge in [-0.2, -0.15) is 0 Å². The van der Waals surface area contributed by atoms with Crippen LogP contribution in [0.15, 0.2) is 60.7 Å². The van der Waals surface area contributed by atoms with Gasteiger partial charge in [-0.3, -0.25) is 4.79 Å². The van der Waals surface area contributed by atoms with Crippen LogP contribution in [0.4, 0.5) is 5.69 Å². The summed E-state index contributed by atoms with van der Waals surface area (Å²) < 4.78 is 0. The summed E-state index contributed by atoms with van der Waals surface area (Å²) in [5.74, 6) is 0.0115. The van der Waals surface area contributed by atoms with Gasteiger partial charge in [0.05, 0.1) is 6.42 Å². The van der Waals surface area contributed by atoms with Gasteiger partial charge in [0, 0.05) is 5.69 Å². The highest BCUT2D eigenvalue weighted by Crippen LogP contribution is 2.06. The first kappa shape index (κ1) is 13.3. The highest BCUT2D eigenvalue weighted by atomic mass is 35.5. The highest BCUT2D eigenvalue weighted by molar-refractivity contribution is 5.92. The minimum atomic E-state index is 0. The van der Waals surface area contributed by atoms with Crippen LogP contribution in [0.3, 0.4) is 0 Å². The molecule has 0 saturated carbocycles. The molecule has 0 aliphatic carbocycles. The van der Waals surface area contributed by atoms with Crippen molar-refractivity contribution in [3.63, 3.8) is 0 Å². The van der Waals surface area contributed by atoms with Gasteiger partial charge in [0.25, 0.3) is 0 Å². The number of nitrogens with one attached hydrogen (secondary N) is 1. The predicted octanol–water partition coefficient (Wildman–Crippen LogP) is 3.29. The third-order valence-corrected chi connectivity index (χ3v) is 2.27. The van der Waals surface area contributed by atoms with Gasteiger partial charge in [-0.1, -0.05) is 48.5 Å². The average molecular weight is 248 g/mol. The minimum Gasteiger partial charge on any atom is -0.326 e. The molecule has 3 heteroatoms. The average Bonchev–Trinajstić information content (AvgIpc) is 2.31. The van der Waals surface area contributed by atoms with Crippen molar-refractivity contribution in [1.82, 2.24) is 0 Å². The largest absolute Gasteiger partial charge is 0.326 e. The SMILES string of the molecule is Cl.O=C(Cc1ccccc1)Nc1ccccc1. The molecule has 0 aliphatic rings. The lowest BCUT2D eigenvalue weighted by molar-refractivity contribution is -0.115. The number of anilines is 1. The molecule has 17 heavy (non-hydrogen) atoms. The normalized spacial score (nSPS) is 9.18. The number of para-hydroxylation sites is 1. The van der Waals surface area contributed by atoms with E-state index in [0.717, 1.165) is 11.3 Å². The Labute approximate surface area is 107 Å². The molecule has 2 aromatic rings. The summed E-state index contributed by atoms with van der Waals surface area (Å²) >= 11 is 0. The molecule has 88 valence electrons. The van der Waals surface area contributed by atoms with Crippen LogP contribution in [0.25, 0.3) is 0 Å². The van der Waals surface area contributed by atoms with E-state index in [1.165, 1.54) is 0 Å². The van der Waals surface area contributed by atoms with Gasteiger partial charge in [-0.15, -0.1) is 12.4 Å². The van der Waals surface area contributed by atoms with Crippen molar-refractivity contribution in [1.29, 1.82) is 0 Å². The van der Waals surface area contributed by atoms with E-state index in [4.69, 9.17) is 0 Å². The summed E-state index contributed by atoms with van der Waals surface area (Å²) in [5, 5.41) is 2.85. The highest BCUT2D eigenvalue weighted by Gasteiger charge is 2.02. The molecule has 0 radical (unpaired) electrons. The second kappa shape index (κ2) is 6.71.